The van der Waals surface area contributed by atoms with Gasteiger partial charge in [-0.3, -0.25) is 10.1 Å². The normalized spacial score (nSPS) is 13.0. The molecule has 0 aliphatic carbocycles. The SMILES string of the molecule is C[C@@H](N[C@@H](C(=O)Nc1ccc(F)cc1)c1ccccc1)c1ccc(F)cc1F. The van der Waals surface area contributed by atoms with Crippen molar-refractivity contribution in [1.29, 1.82) is 0 Å². The average molecular weight is 384 g/mol. The molecule has 0 saturated heterocycles. The number of amides is 1. The third-order valence-corrected chi connectivity index (χ3v) is 4.35. The monoisotopic (exact) mass is 384 g/mol. The molecule has 0 radical (unpaired) electrons. The molecule has 144 valence electrons. The van der Waals surface area contributed by atoms with E-state index in [9.17, 15) is 18.0 Å². The summed E-state index contributed by atoms with van der Waals surface area (Å²) in [5.41, 5.74) is 1.36. The van der Waals surface area contributed by atoms with E-state index in [0.717, 1.165) is 6.07 Å². The van der Waals surface area contributed by atoms with E-state index in [-0.39, 0.29) is 11.5 Å². The molecule has 3 rings (SSSR count). The van der Waals surface area contributed by atoms with Crippen LogP contribution in [0.4, 0.5) is 18.9 Å². The Labute approximate surface area is 161 Å². The lowest BCUT2D eigenvalue weighted by Gasteiger charge is -2.24. The van der Waals surface area contributed by atoms with Crippen molar-refractivity contribution in [3.05, 3.63) is 101 Å². The summed E-state index contributed by atoms with van der Waals surface area (Å²) in [5, 5.41) is 5.82. The number of benzene rings is 3. The average Bonchev–Trinajstić information content (AvgIpc) is 2.68. The summed E-state index contributed by atoms with van der Waals surface area (Å²) < 4.78 is 40.4. The van der Waals surface area contributed by atoms with Crippen molar-refractivity contribution in [3.63, 3.8) is 0 Å². The molecule has 2 atom stereocenters. The minimum Gasteiger partial charge on any atom is -0.324 e. The number of carbonyl (C=O) groups is 1. The van der Waals surface area contributed by atoms with Gasteiger partial charge in [0.05, 0.1) is 0 Å². The topological polar surface area (TPSA) is 41.1 Å². The van der Waals surface area contributed by atoms with Crippen LogP contribution in [0.15, 0.2) is 72.8 Å². The Kier molecular flexibility index (Phi) is 6.11. The summed E-state index contributed by atoms with van der Waals surface area (Å²) in [6.45, 7) is 1.69. The Morgan fingerprint density at radius 2 is 1.50 bits per heavy atom. The van der Waals surface area contributed by atoms with Gasteiger partial charge in [0.1, 0.15) is 23.5 Å². The van der Waals surface area contributed by atoms with Crippen molar-refractivity contribution >= 4 is 11.6 Å². The molecule has 3 aromatic carbocycles. The van der Waals surface area contributed by atoms with Crippen LogP contribution in [0.3, 0.4) is 0 Å². The minimum absolute atomic E-state index is 0.247. The predicted molar refractivity (Wildman–Crippen MR) is 102 cm³/mol. The summed E-state index contributed by atoms with van der Waals surface area (Å²) in [6.07, 6.45) is 0. The molecule has 0 spiro atoms. The highest BCUT2D eigenvalue weighted by molar-refractivity contribution is 5.95. The van der Waals surface area contributed by atoms with Gasteiger partial charge in [0.25, 0.3) is 0 Å². The van der Waals surface area contributed by atoms with Crippen LogP contribution >= 0.6 is 0 Å². The smallest absolute Gasteiger partial charge is 0.246 e. The van der Waals surface area contributed by atoms with Crippen molar-refractivity contribution in [2.24, 2.45) is 0 Å². The molecule has 3 aromatic rings. The van der Waals surface area contributed by atoms with Gasteiger partial charge in [-0.2, -0.15) is 0 Å². The second-order valence-corrected chi connectivity index (χ2v) is 6.39. The summed E-state index contributed by atoms with van der Waals surface area (Å²) in [6, 6.07) is 16.3. The van der Waals surface area contributed by atoms with Crippen LogP contribution in [0.25, 0.3) is 0 Å². The van der Waals surface area contributed by atoms with Crippen LogP contribution in [0.2, 0.25) is 0 Å². The standard InChI is InChI=1S/C22H19F3N2O/c1-14(19-12-9-17(24)13-20(19)25)26-21(15-5-3-2-4-6-15)22(28)27-18-10-7-16(23)8-11-18/h2-14,21,26H,1H3,(H,27,28)/t14-,21-/m1/s1. The van der Waals surface area contributed by atoms with Crippen LogP contribution in [0.1, 0.15) is 30.1 Å². The molecule has 0 aliphatic rings. The Balaban J connectivity index is 1.84. The Morgan fingerprint density at radius 3 is 2.14 bits per heavy atom. The third-order valence-electron chi connectivity index (χ3n) is 4.35. The van der Waals surface area contributed by atoms with Crippen molar-refractivity contribution in [1.82, 2.24) is 5.32 Å². The lowest BCUT2D eigenvalue weighted by molar-refractivity contribution is -0.118. The molecule has 0 aromatic heterocycles. The van der Waals surface area contributed by atoms with Gasteiger partial charge in [0.2, 0.25) is 5.91 Å². The van der Waals surface area contributed by atoms with Crippen LogP contribution in [0, 0.1) is 17.5 Å². The number of nitrogens with one attached hydrogen (secondary N) is 2. The maximum atomic E-state index is 14.1. The zero-order valence-electron chi connectivity index (χ0n) is 15.1. The second kappa shape index (κ2) is 8.71. The fourth-order valence-corrected chi connectivity index (χ4v) is 2.91. The van der Waals surface area contributed by atoms with Crippen molar-refractivity contribution in [2.45, 2.75) is 19.0 Å². The van der Waals surface area contributed by atoms with Gasteiger partial charge < -0.3 is 5.32 Å². The molecule has 0 saturated carbocycles. The predicted octanol–water partition coefficient (Wildman–Crippen LogP) is 5.13. The summed E-state index contributed by atoms with van der Waals surface area (Å²) in [5.74, 6) is -2.14. The van der Waals surface area contributed by atoms with Crippen LogP contribution in [0.5, 0.6) is 0 Å². The summed E-state index contributed by atoms with van der Waals surface area (Å²) >= 11 is 0. The first kappa shape index (κ1) is 19.6. The van der Waals surface area contributed by atoms with Gasteiger partial charge in [0.15, 0.2) is 0 Å². The first-order valence-corrected chi connectivity index (χ1v) is 8.76. The number of halogens is 3. The fraction of sp³-hybridized carbons (Fsp3) is 0.136. The van der Waals surface area contributed by atoms with E-state index in [1.807, 2.05) is 6.07 Å². The molecule has 1 amide bonds. The van der Waals surface area contributed by atoms with Crippen molar-refractivity contribution < 1.29 is 18.0 Å². The van der Waals surface area contributed by atoms with Crippen molar-refractivity contribution in [2.75, 3.05) is 5.32 Å². The largest absolute Gasteiger partial charge is 0.324 e. The highest BCUT2D eigenvalue weighted by Gasteiger charge is 2.24. The maximum absolute atomic E-state index is 14.1. The summed E-state index contributed by atoms with van der Waals surface area (Å²) in [7, 11) is 0. The van der Waals surface area contributed by atoms with Gasteiger partial charge in [-0.05, 0) is 42.8 Å². The quantitative estimate of drug-likeness (QED) is 0.618. The number of rotatable bonds is 6. The zero-order valence-corrected chi connectivity index (χ0v) is 15.1. The van der Waals surface area contributed by atoms with E-state index in [4.69, 9.17) is 0 Å². The Hall–Kier alpha value is -3.12. The molecule has 0 aliphatic heterocycles. The number of hydrogen-bond donors (Lipinski definition) is 2. The molecule has 0 heterocycles. The van der Waals surface area contributed by atoms with E-state index in [0.29, 0.717) is 11.3 Å². The zero-order chi connectivity index (χ0) is 20.1. The van der Waals surface area contributed by atoms with E-state index >= 15 is 0 Å². The lowest BCUT2D eigenvalue weighted by Crippen LogP contribution is -2.35. The van der Waals surface area contributed by atoms with Crippen LogP contribution < -0.4 is 10.6 Å². The molecule has 0 bridgehead atoms. The number of hydrogen-bond acceptors (Lipinski definition) is 2. The van der Waals surface area contributed by atoms with Gasteiger partial charge >= 0.3 is 0 Å². The van der Waals surface area contributed by atoms with Crippen molar-refractivity contribution in [3.8, 4) is 0 Å². The minimum atomic E-state index is -0.800. The van der Waals surface area contributed by atoms with E-state index in [1.165, 1.54) is 36.4 Å². The molecular weight excluding hydrogens is 365 g/mol. The molecule has 3 nitrogen and oxygen atoms in total. The maximum Gasteiger partial charge on any atom is 0.246 e. The molecule has 0 unspecified atom stereocenters. The Morgan fingerprint density at radius 1 is 0.857 bits per heavy atom. The molecule has 6 heteroatoms. The summed E-state index contributed by atoms with van der Waals surface area (Å²) in [4.78, 5) is 12.9. The molecule has 0 fully saturated rings. The van der Waals surface area contributed by atoms with Gasteiger partial charge in [-0.25, -0.2) is 13.2 Å². The highest BCUT2D eigenvalue weighted by atomic mass is 19.1. The molecule has 2 N–H and O–H groups in total. The first-order chi connectivity index (χ1) is 13.4. The number of carbonyl (C=O) groups excluding carboxylic acids is 1. The van der Waals surface area contributed by atoms with Crippen LogP contribution in [-0.2, 0) is 4.79 Å². The van der Waals surface area contributed by atoms with E-state index in [1.54, 1.807) is 31.2 Å². The molecular formula is C22H19F3N2O. The van der Waals surface area contributed by atoms with E-state index < -0.39 is 29.5 Å². The second-order valence-electron chi connectivity index (χ2n) is 6.39. The van der Waals surface area contributed by atoms with E-state index in [2.05, 4.69) is 10.6 Å². The highest BCUT2D eigenvalue weighted by Crippen LogP contribution is 2.24. The van der Waals surface area contributed by atoms with Gasteiger partial charge in [0, 0.05) is 23.4 Å². The first-order valence-electron chi connectivity index (χ1n) is 8.76. The number of anilines is 1. The third kappa shape index (κ3) is 4.78. The van der Waals surface area contributed by atoms with Gasteiger partial charge in [-0.15, -0.1) is 0 Å². The van der Waals surface area contributed by atoms with Gasteiger partial charge in [-0.1, -0.05) is 36.4 Å². The lowest BCUT2D eigenvalue weighted by atomic mass is 10.0. The molecule has 28 heavy (non-hydrogen) atoms. The fourth-order valence-electron chi connectivity index (χ4n) is 2.91. The van der Waals surface area contributed by atoms with Crippen LogP contribution in [-0.4, -0.2) is 5.91 Å². The Bertz CT molecular complexity index is 946.